The van der Waals surface area contributed by atoms with Crippen molar-refractivity contribution in [2.75, 3.05) is 5.32 Å². The molecule has 2 N–H and O–H groups in total. The summed E-state index contributed by atoms with van der Waals surface area (Å²) in [5.41, 5.74) is 0.329. The average Bonchev–Trinajstić information content (AvgIpc) is 3.35. The van der Waals surface area contributed by atoms with Gasteiger partial charge in [-0.2, -0.15) is 0 Å². The Bertz CT molecular complexity index is 2160. The summed E-state index contributed by atoms with van der Waals surface area (Å²) < 4.78 is 59.8. The summed E-state index contributed by atoms with van der Waals surface area (Å²) in [4.78, 5) is 52.0. The highest BCUT2D eigenvalue weighted by Gasteiger charge is 2.41. The number of nitro groups is 1. The van der Waals surface area contributed by atoms with Crippen molar-refractivity contribution in [2.45, 2.75) is 18.0 Å². The van der Waals surface area contributed by atoms with E-state index in [1.165, 1.54) is 36.4 Å². The molecule has 5 aromatic carbocycles. The second-order valence-corrected chi connectivity index (χ2v) is 12.1. The molecular weight excluding hydrogens is 688 g/mol. The van der Waals surface area contributed by atoms with Crippen molar-refractivity contribution < 1.29 is 36.9 Å². The predicted octanol–water partition coefficient (Wildman–Crippen LogP) is 7.68. The Morgan fingerprint density at radius 2 is 1.29 bits per heavy atom. The first kappa shape index (κ1) is 34.6. The topological polar surface area (TPSA) is 122 Å². The molecule has 0 saturated carbocycles. The lowest BCUT2D eigenvalue weighted by atomic mass is 9.95. The fourth-order valence-electron chi connectivity index (χ4n) is 5.32. The number of rotatable bonds is 11. The maximum absolute atomic E-state index is 14.9. The molecule has 5 aromatic rings. The van der Waals surface area contributed by atoms with Crippen molar-refractivity contribution in [2.24, 2.45) is 0 Å². The highest BCUT2D eigenvalue weighted by molar-refractivity contribution is 7.98. The molecule has 0 fully saturated rings. The number of benzene rings is 5. The van der Waals surface area contributed by atoms with Crippen LogP contribution in [0.4, 0.5) is 28.9 Å². The van der Waals surface area contributed by atoms with E-state index in [0.717, 1.165) is 51.6 Å². The fourth-order valence-corrected chi connectivity index (χ4v) is 5.92. The Morgan fingerprint density at radius 1 is 0.725 bits per heavy atom. The van der Waals surface area contributed by atoms with Gasteiger partial charge in [-0.25, -0.2) is 17.6 Å². The first-order valence-corrected chi connectivity index (χ1v) is 15.9. The number of halogens is 4. The van der Waals surface area contributed by atoms with Gasteiger partial charge in [0, 0.05) is 58.1 Å². The van der Waals surface area contributed by atoms with Gasteiger partial charge in [0.15, 0.2) is 0 Å². The number of amides is 3. The molecule has 51 heavy (non-hydrogen) atoms. The second kappa shape index (κ2) is 14.7. The minimum absolute atomic E-state index is 0.0175. The number of imide groups is 1. The zero-order valence-corrected chi connectivity index (χ0v) is 27.0. The Balaban J connectivity index is 1.10. The monoisotopic (exact) mass is 712 g/mol. The molecule has 3 amide bonds. The maximum Gasteiger partial charge on any atom is 0.271 e. The first-order valence-electron chi connectivity index (χ1n) is 15.1. The number of nitrogens with one attached hydrogen (secondary N) is 2. The second-order valence-electron chi connectivity index (χ2n) is 11.2. The normalized spacial score (nSPS) is 12.7. The van der Waals surface area contributed by atoms with E-state index < -0.39 is 68.2 Å². The van der Waals surface area contributed by atoms with E-state index in [1.54, 1.807) is 24.3 Å². The minimum Gasteiger partial charge on any atom is -0.381 e. The SMILES string of the molecule is O=C(NSc1ccc(CNc2cccc([N+](=O)[O-])c2)cc1)c1ccc(CN2C(=O)C(c3ccc(F)cc3F)=C(c3ccc(F)cc3F)C2=O)cc1. The third kappa shape index (κ3) is 7.65. The van der Waals surface area contributed by atoms with E-state index in [-0.39, 0.29) is 17.8 Å². The maximum atomic E-state index is 14.9. The number of hydrogen-bond donors (Lipinski definition) is 2. The number of nitro benzene ring substituents is 1. The summed E-state index contributed by atoms with van der Waals surface area (Å²) in [7, 11) is 0. The molecule has 1 aliphatic heterocycles. The largest absolute Gasteiger partial charge is 0.381 e. The van der Waals surface area contributed by atoms with Gasteiger partial charge >= 0.3 is 0 Å². The molecule has 0 spiro atoms. The molecule has 9 nitrogen and oxygen atoms in total. The molecule has 0 aromatic heterocycles. The number of carbonyl (C=O) groups is 3. The predicted molar refractivity (Wildman–Crippen MR) is 182 cm³/mol. The van der Waals surface area contributed by atoms with Crippen molar-refractivity contribution in [1.29, 1.82) is 0 Å². The Kier molecular flexibility index (Phi) is 9.95. The van der Waals surface area contributed by atoms with Crippen molar-refractivity contribution in [3.8, 4) is 0 Å². The Labute approximate surface area is 291 Å². The van der Waals surface area contributed by atoms with E-state index in [4.69, 9.17) is 0 Å². The average molecular weight is 713 g/mol. The van der Waals surface area contributed by atoms with Crippen LogP contribution in [-0.4, -0.2) is 27.5 Å². The van der Waals surface area contributed by atoms with Crippen molar-refractivity contribution in [3.05, 3.63) is 170 Å². The number of nitrogens with zero attached hydrogens (tertiary/aromatic N) is 2. The van der Waals surface area contributed by atoms with Gasteiger partial charge in [-0.05, 0) is 77.7 Å². The number of hydrogen-bond acceptors (Lipinski definition) is 7. The van der Waals surface area contributed by atoms with Crippen LogP contribution in [0.15, 0.2) is 114 Å². The van der Waals surface area contributed by atoms with Crippen LogP contribution in [0.3, 0.4) is 0 Å². The number of anilines is 1. The van der Waals surface area contributed by atoms with Gasteiger partial charge in [-0.1, -0.05) is 30.3 Å². The van der Waals surface area contributed by atoms with Gasteiger partial charge in [0.1, 0.15) is 23.3 Å². The summed E-state index contributed by atoms with van der Waals surface area (Å²) in [6.45, 7) is 0.0969. The Morgan fingerprint density at radius 3 is 1.84 bits per heavy atom. The Hall–Kier alpha value is -6.28. The van der Waals surface area contributed by atoms with Gasteiger partial charge in [0.25, 0.3) is 23.4 Å². The van der Waals surface area contributed by atoms with Gasteiger partial charge in [0.2, 0.25) is 0 Å². The molecule has 1 heterocycles. The quantitative estimate of drug-likeness (QED) is 0.0474. The minimum atomic E-state index is -1.15. The number of non-ortho nitro benzene ring substituents is 1. The van der Waals surface area contributed by atoms with Crippen LogP contribution in [0, 0.1) is 33.4 Å². The highest BCUT2D eigenvalue weighted by atomic mass is 32.2. The van der Waals surface area contributed by atoms with Crippen LogP contribution in [-0.2, 0) is 22.7 Å². The number of carbonyl (C=O) groups excluding carboxylic acids is 3. The van der Waals surface area contributed by atoms with E-state index in [1.807, 2.05) is 12.1 Å². The van der Waals surface area contributed by atoms with Gasteiger partial charge < -0.3 is 5.32 Å². The van der Waals surface area contributed by atoms with E-state index in [9.17, 15) is 42.1 Å². The molecule has 14 heteroatoms. The molecule has 256 valence electrons. The summed E-state index contributed by atoms with van der Waals surface area (Å²) in [5, 5.41) is 14.1. The molecular formula is C37H24F4N4O5S. The standard InChI is InChI=1S/C37H24F4N4O5S/c38-24-10-14-29(31(40)16-24)33-34(30-15-11-25(39)17-32(30)41)37(48)44(36(33)47)20-22-4-8-23(9-5-22)35(46)43-51-28-12-6-21(7-13-28)19-42-26-2-1-3-27(18-26)45(49)50/h1-18,42H,19-20H2,(H,43,46). The van der Waals surface area contributed by atoms with Crippen molar-refractivity contribution >= 4 is 52.2 Å². The van der Waals surface area contributed by atoms with Crippen LogP contribution in [0.2, 0.25) is 0 Å². The molecule has 6 rings (SSSR count). The lowest BCUT2D eigenvalue weighted by molar-refractivity contribution is -0.384. The first-order chi connectivity index (χ1) is 24.5. The highest BCUT2D eigenvalue weighted by Crippen LogP contribution is 2.38. The molecule has 0 unspecified atom stereocenters. The summed E-state index contributed by atoms with van der Waals surface area (Å²) in [6, 6.07) is 24.2. The van der Waals surface area contributed by atoms with Crippen LogP contribution in [0.1, 0.15) is 32.6 Å². The zero-order valence-electron chi connectivity index (χ0n) is 26.2. The third-order valence-electron chi connectivity index (χ3n) is 7.86. The van der Waals surface area contributed by atoms with Crippen molar-refractivity contribution in [3.63, 3.8) is 0 Å². The van der Waals surface area contributed by atoms with Crippen LogP contribution >= 0.6 is 11.9 Å². The molecule has 0 radical (unpaired) electrons. The molecule has 0 atom stereocenters. The lowest BCUT2D eigenvalue weighted by Gasteiger charge is -2.16. The zero-order chi connectivity index (χ0) is 36.2. The molecule has 1 aliphatic rings. The van der Waals surface area contributed by atoms with E-state index in [2.05, 4.69) is 10.0 Å². The summed E-state index contributed by atoms with van der Waals surface area (Å²) >= 11 is 1.08. The van der Waals surface area contributed by atoms with Crippen LogP contribution < -0.4 is 10.0 Å². The van der Waals surface area contributed by atoms with Crippen LogP contribution in [0.5, 0.6) is 0 Å². The smallest absolute Gasteiger partial charge is 0.271 e. The molecule has 0 aliphatic carbocycles. The van der Waals surface area contributed by atoms with Crippen molar-refractivity contribution in [1.82, 2.24) is 9.62 Å². The molecule has 0 saturated heterocycles. The van der Waals surface area contributed by atoms with Gasteiger partial charge in [0.05, 0.1) is 22.6 Å². The van der Waals surface area contributed by atoms with Gasteiger partial charge in [-0.3, -0.25) is 34.1 Å². The lowest BCUT2D eigenvalue weighted by Crippen LogP contribution is -2.31. The van der Waals surface area contributed by atoms with Gasteiger partial charge in [-0.15, -0.1) is 0 Å². The van der Waals surface area contributed by atoms with E-state index in [0.29, 0.717) is 29.9 Å². The van der Waals surface area contributed by atoms with E-state index >= 15 is 0 Å². The van der Waals surface area contributed by atoms with Crippen LogP contribution in [0.25, 0.3) is 11.1 Å². The molecule has 0 bridgehead atoms. The fraction of sp³-hybridized carbons (Fsp3) is 0.0541. The third-order valence-corrected chi connectivity index (χ3v) is 8.66. The summed E-state index contributed by atoms with van der Waals surface area (Å²) in [6.07, 6.45) is 0. The summed E-state index contributed by atoms with van der Waals surface area (Å²) in [5.74, 6) is -6.50.